The largest absolute Gasteiger partial charge is 0.309 e. The summed E-state index contributed by atoms with van der Waals surface area (Å²) < 4.78 is 4.73. The van der Waals surface area contributed by atoms with E-state index in [0.717, 1.165) is 0 Å². The highest BCUT2D eigenvalue weighted by Crippen LogP contribution is 2.34. The average molecular weight is 641 g/mol. The molecule has 0 fully saturated rings. The first-order valence-electron chi connectivity index (χ1n) is 17.3. The summed E-state index contributed by atoms with van der Waals surface area (Å²) >= 11 is 0. The Bertz CT molecular complexity index is 2540. The molecule has 2 heteroatoms. The van der Waals surface area contributed by atoms with Gasteiger partial charge in [-0.2, -0.15) is 0 Å². The standard InChI is InChI=1S/C48H36N2/c1-33-11-29-47-43(31-33)41-7-3-5-9-45(41)49(47)39-25-21-37(22-26-39)19-17-35-13-15-36(16-14-35)18-20-38-23-27-40(28-24-38)50-46-10-6-4-8-42(46)44-32-34(2)12-30-48(44)50/h3-32H,1-2H3/b19-17+,20-18+. The van der Waals surface area contributed by atoms with Gasteiger partial charge in [0.15, 0.2) is 0 Å². The highest BCUT2D eigenvalue weighted by Gasteiger charge is 2.13. The van der Waals surface area contributed by atoms with Crippen LogP contribution in [0.25, 0.3) is 79.3 Å². The van der Waals surface area contributed by atoms with Crippen LogP contribution in [-0.4, -0.2) is 9.13 Å². The van der Waals surface area contributed by atoms with Crippen molar-refractivity contribution < 1.29 is 0 Å². The maximum Gasteiger partial charge on any atom is 0.0541 e. The van der Waals surface area contributed by atoms with Crippen LogP contribution in [0, 0.1) is 13.8 Å². The number of rotatable bonds is 6. The molecule has 0 aliphatic heterocycles. The van der Waals surface area contributed by atoms with Gasteiger partial charge in [-0.15, -0.1) is 0 Å². The third-order valence-electron chi connectivity index (χ3n) is 9.83. The Morgan fingerprint density at radius 2 is 0.640 bits per heavy atom. The molecule has 0 N–H and O–H groups in total. The normalized spacial score (nSPS) is 12.0. The van der Waals surface area contributed by atoms with Gasteiger partial charge in [-0.3, -0.25) is 0 Å². The Hall–Kier alpha value is -6.38. The van der Waals surface area contributed by atoms with Crippen molar-refractivity contribution in [3.8, 4) is 11.4 Å². The highest BCUT2D eigenvalue weighted by atomic mass is 15.0. The first kappa shape index (κ1) is 29.7. The second-order valence-corrected chi connectivity index (χ2v) is 13.3. The zero-order valence-corrected chi connectivity index (χ0v) is 28.2. The van der Waals surface area contributed by atoms with Crippen molar-refractivity contribution in [2.75, 3.05) is 0 Å². The van der Waals surface area contributed by atoms with Crippen molar-refractivity contribution in [3.63, 3.8) is 0 Å². The van der Waals surface area contributed by atoms with Gasteiger partial charge in [0.2, 0.25) is 0 Å². The maximum absolute atomic E-state index is 2.37. The zero-order chi connectivity index (χ0) is 33.6. The van der Waals surface area contributed by atoms with Gasteiger partial charge < -0.3 is 9.13 Å². The smallest absolute Gasteiger partial charge is 0.0541 e. The second kappa shape index (κ2) is 12.3. The number of aryl methyl sites for hydroxylation is 2. The zero-order valence-electron chi connectivity index (χ0n) is 28.2. The Balaban J connectivity index is 0.904. The number of hydrogen-bond donors (Lipinski definition) is 0. The van der Waals surface area contributed by atoms with Crippen molar-refractivity contribution in [2.45, 2.75) is 13.8 Å². The average Bonchev–Trinajstić information content (AvgIpc) is 3.66. The van der Waals surface area contributed by atoms with E-state index in [1.165, 1.54) is 88.4 Å². The molecular weight excluding hydrogens is 605 g/mol. The predicted octanol–water partition coefficient (Wildman–Crippen LogP) is 12.8. The quantitative estimate of drug-likeness (QED) is 0.160. The van der Waals surface area contributed by atoms with E-state index >= 15 is 0 Å². The summed E-state index contributed by atoms with van der Waals surface area (Å²) in [5, 5.41) is 5.17. The molecule has 0 unspecified atom stereocenters. The lowest BCUT2D eigenvalue weighted by Crippen LogP contribution is -1.93. The van der Waals surface area contributed by atoms with E-state index in [1.807, 2.05) is 0 Å². The molecule has 7 aromatic carbocycles. The summed E-state index contributed by atoms with van der Waals surface area (Å²) in [5.74, 6) is 0. The van der Waals surface area contributed by atoms with Crippen molar-refractivity contribution in [3.05, 3.63) is 191 Å². The number of fused-ring (bicyclic) bond motifs is 6. The van der Waals surface area contributed by atoms with Gasteiger partial charge in [-0.25, -0.2) is 0 Å². The van der Waals surface area contributed by atoms with Crippen molar-refractivity contribution in [1.29, 1.82) is 0 Å². The molecule has 0 radical (unpaired) electrons. The topological polar surface area (TPSA) is 9.86 Å². The molecule has 238 valence electrons. The Morgan fingerprint density at radius 1 is 0.320 bits per heavy atom. The number of aromatic nitrogens is 2. The Labute approximate surface area is 292 Å². The SMILES string of the molecule is Cc1ccc2c(c1)c1ccccc1n2-c1ccc(/C=C/c2ccc(/C=C/c3ccc(-n4c5ccccc5c5cc(C)ccc54)cc3)cc2)cc1. The summed E-state index contributed by atoms with van der Waals surface area (Å²) in [5.41, 5.74) is 14.5. The first-order valence-corrected chi connectivity index (χ1v) is 17.3. The summed E-state index contributed by atoms with van der Waals surface area (Å²) in [6.07, 6.45) is 8.73. The third-order valence-corrected chi connectivity index (χ3v) is 9.83. The molecule has 0 saturated carbocycles. The summed E-state index contributed by atoms with van der Waals surface area (Å²) in [6.45, 7) is 4.32. The minimum Gasteiger partial charge on any atom is -0.309 e. The van der Waals surface area contributed by atoms with E-state index in [1.54, 1.807) is 0 Å². The molecule has 0 bridgehead atoms. The van der Waals surface area contributed by atoms with E-state index in [0.29, 0.717) is 0 Å². The molecule has 2 aromatic heterocycles. The number of nitrogens with zero attached hydrogens (tertiary/aromatic N) is 2. The van der Waals surface area contributed by atoms with Gasteiger partial charge in [0.1, 0.15) is 0 Å². The van der Waals surface area contributed by atoms with Crippen molar-refractivity contribution in [2.24, 2.45) is 0 Å². The summed E-state index contributed by atoms with van der Waals surface area (Å²) in [7, 11) is 0. The first-order chi connectivity index (χ1) is 24.6. The minimum absolute atomic E-state index is 1.17. The van der Waals surface area contributed by atoms with Crippen LogP contribution < -0.4 is 0 Å². The van der Waals surface area contributed by atoms with Crippen molar-refractivity contribution in [1.82, 2.24) is 9.13 Å². The number of hydrogen-bond acceptors (Lipinski definition) is 0. The summed E-state index contributed by atoms with van der Waals surface area (Å²) in [4.78, 5) is 0. The van der Waals surface area contributed by atoms with Gasteiger partial charge in [0.05, 0.1) is 22.1 Å². The van der Waals surface area contributed by atoms with Gasteiger partial charge in [0.25, 0.3) is 0 Å². The lowest BCUT2D eigenvalue weighted by atomic mass is 10.1. The molecule has 0 aliphatic carbocycles. The third kappa shape index (κ3) is 5.32. The van der Waals surface area contributed by atoms with E-state index in [4.69, 9.17) is 0 Å². The van der Waals surface area contributed by atoms with Crippen LogP contribution in [0.15, 0.2) is 158 Å². The minimum atomic E-state index is 1.17. The molecule has 2 heterocycles. The lowest BCUT2D eigenvalue weighted by molar-refractivity contribution is 1.18. The maximum atomic E-state index is 2.37. The fraction of sp³-hybridized carbons (Fsp3) is 0.0417. The van der Waals surface area contributed by atoms with Gasteiger partial charge in [0, 0.05) is 32.9 Å². The van der Waals surface area contributed by atoms with E-state index in [-0.39, 0.29) is 0 Å². The summed E-state index contributed by atoms with van der Waals surface area (Å²) in [6, 6.07) is 57.2. The van der Waals surface area contributed by atoms with Crippen LogP contribution in [0.1, 0.15) is 33.4 Å². The molecule has 0 amide bonds. The van der Waals surface area contributed by atoms with E-state index in [9.17, 15) is 0 Å². The monoisotopic (exact) mass is 640 g/mol. The molecule has 2 nitrogen and oxygen atoms in total. The Kier molecular flexibility index (Phi) is 7.29. The second-order valence-electron chi connectivity index (χ2n) is 13.3. The molecule has 50 heavy (non-hydrogen) atoms. The molecule has 0 saturated heterocycles. The number of para-hydroxylation sites is 2. The fourth-order valence-electron chi connectivity index (χ4n) is 7.30. The van der Waals surface area contributed by atoms with Gasteiger partial charge >= 0.3 is 0 Å². The fourth-order valence-corrected chi connectivity index (χ4v) is 7.30. The molecule has 9 aromatic rings. The van der Waals surface area contributed by atoms with Crippen LogP contribution in [0.3, 0.4) is 0 Å². The molecule has 0 spiro atoms. The van der Waals surface area contributed by atoms with Crippen LogP contribution in [-0.2, 0) is 0 Å². The van der Waals surface area contributed by atoms with Crippen LogP contribution in [0.4, 0.5) is 0 Å². The molecule has 0 aliphatic rings. The highest BCUT2D eigenvalue weighted by molar-refractivity contribution is 6.10. The van der Waals surface area contributed by atoms with E-state index in [2.05, 4.69) is 205 Å². The molecule has 9 rings (SSSR count). The van der Waals surface area contributed by atoms with Crippen LogP contribution in [0.5, 0.6) is 0 Å². The van der Waals surface area contributed by atoms with Crippen LogP contribution >= 0.6 is 0 Å². The number of benzene rings is 7. The van der Waals surface area contributed by atoms with Crippen LogP contribution in [0.2, 0.25) is 0 Å². The van der Waals surface area contributed by atoms with Gasteiger partial charge in [-0.1, -0.05) is 132 Å². The predicted molar refractivity (Wildman–Crippen MR) is 215 cm³/mol. The van der Waals surface area contributed by atoms with Crippen molar-refractivity contribution >= 4 is 67.9 Å². The Morgan fingerprint density at radius 3 is 1.02 bits per heavy atom. The lowest BCUT2D eigenvalue weighted by Gasteiger charge is -2.08. The molecular formula is C48H36N2. The van der Waals surface area contributed by atoms with E-state index < -0.39 is 0 Å². The van der Waals surface area contributed by atoms with Gasteiger partial charge in [-0.05, 0) is 96.8 Å². The molecule has 0 atom stereocenters.